The highest BCUT2D eigenvalue weighted by molar-refractivity contribution is 5.61. The Labute approximate surface area is 174 Å². The van der Waals surface area contributed by atoms with Gasteiger partial charge >= 0.3 is 0 Å². The third kappa shape index (κ3) is 6.29. The number of aromatic nitrogens is 2. The molecule has 0 fully saturated rings. The molecule has 0 atom stereocenters. The fraction of sp³-hybridized carbons (Fsp3) is 0.333. The van der Waals surface area contributed by atoms with Crippen molar-refractivity contribution in [1.82, 2.24) is 14.9 Å². The van der Waals surface area contributed by atoms with E-state index in [4.69, 9.17) is 9.97 Å². The molecule has 3 aromatic rings. The molecule has 0 amide bonds. The van der Waals surface area contributed by atoms with Crippen LogP contribution in [-0.2, 0) is 6.54 Å². The molecule has 0 aliphatic carbocycles. The second kappa shape index (κ2) is 10.6. The van der Waals surface area contributed by atoms with Gasteiger partial charge in [-0.3, -0.25) is 0 Å². The van der Waals surface area contributed by atoms with Crippen LogP contribution in [-0.4, -0.2) is 48.6 Å². The van der Waals surface area contributed by atoms with Gasteiger partial charge < -0.3 is 15.1 Å². The molecule has 0 saturated heterocycles. The molecule has 0 bridgehead atoms. The first-order valence-corrected chi connectivity index (χ1v) is 10.3. The molecular formula is C24H31N5. The van der Waals surface area contributed by atoms with Crippen LogP contribution in [0.4, 0.5) is 11.6 Å². The number of nitrogens with one attached hydrogen (secondary N) is 1. The maximum atomic E-state index is 4.89. The molecule has 0 radical (unpaired) electrons. The first-order valence-electron chi connectivity index (χ1n) is 10.3. The Morgan fingerprint density at radius 1 is 0.897 bits per heavy atom. The molecule has 1 N–H and O–H groups in total. The van der Waals surface area contributed by atoms with Crippen molar-refractivity contribution in [3.8, 4) is 11.4 Å². The third-order valence-electron chi connectivity index (χ3n) is 4.75. The molecule has 3 rings (SSSR count). The molecule has 1 aromatic heterocycles. The van der Waals surface area contributed by atoms with E-state index in [0.29, 0.717) is 0 Å². The monoisotopic (exact) mass is 389 g/mol. The van der Waals surface area contributed by atoms with Gasteiger partial charge in [-0.05, 0) is 39.5 Å². The Balaban J connectivity index is 1.86. The van der Waals surface area contributed by atoms with E-state index >= 15 is 0 Å². The lowest BCUT2D eigenvalue weighted by atomic mass is 10.2. The van der Waals surface area contributed by atoms with Gasteiger partial charge in [0.2, 0.25) is 0 Å². The van der Waals surface area contributed by atoms with Gasteiger partial charge in [-0.15, -0.1) is 0 Å². The Kier molecular flexibility index (Phi) is 7.59. The van der Waals surface area contributed by atoms with Crippen LogP contribution in [0.5, 0.6) is 0 Å². The fourth-order valence-corrected chi connectivity index (χ4v) is 3.17. The van der Waals surface area contributed by atoms with Crippen molar-refractivity contribution < 1.29 is 0 Å². The lowest BCUT2D eigenvalue weighted by Gasteiger charge is -2.23. The second-order valence-corrected chi connectivity index (χ2v) is 7.38. The average molecular weight is 390 g/mol. The van der Waals surface area contributed by atoms with E-state index in [-0.39, 0.29) is 0 Å². The highest BCUT2D eigenvalue weighted by Crippen LogP contribution is 2.23. The Bertz CT molecular complexity index is 865. The van der Waals surface area contributed by atoms with Crippen molar-refractivity contribution in [2.45, 2.75) is 19.9 Å². The van der Waals surface area contributed by atoms with Crippen molar-refractivity contribution >= 4 is 11.6 Å². The Hall–Kier alpha value is -2.92. The molecule has 0 spiro atoms. The summed E-state index contributed by atoms with van der Waals surface area (Å²) < 4.78 is 0. The normalized spacial score (nSPS) is 10.9. The van der Waals surface area contributed by atoms with Crippen LogP contribution in [0.1, 0.15) is 18.9 Å². The summed E-state index contributed by atoms with van der Waals surface area (Å²) in [7, 11) is 4.19. The summed E-state index contributed by atoms with van der Waals surface area (Å²) in [4.78, 5) is 14.2. The van der Waals surface area contributed by atoms with Crippen molar-refractivity contribution in [3.05, 3.63) is 72.3 Å². The van der Waals surface area contributed by atoms with Crippen molar-refractivity contribution in [3.63, 3.8) is 0 Å². The summed E-state index contributed by atoms with van der Waals surface area (Å²) in [6.07, 6.45) is 1.06. The van der Waals surface area contributed by atoms with E-state index in [9.17, 15) is 0 Å². The largest absolute Gasteiger partial charge is 0.370 e. The van der Waals surface area contributed by atoms with E-state index in [2.05, 4.69) is 78.6 Å². The SMILES string of the molecule is CCN(Cc1ccccc1)c1cc(NCCCN(C)C)nc(-c2ccccc2)n1. The predicted molar refractivity (Wildman–Crippen MR) is 122 cm³/mol. The van der Waals surface area contributed by atoms with Crippen LogP contribution in [0, 0.1) is 0 Å². The molecule has 0 saturated carbocycles. The topological polar surface area (TPSA) is 44.3 Å². The number of nitrogens with zero attached hydrogens (tertiary/aromatic N) is 4. The molecule has 0 aliphatic rings. The maximum absolute atomic E-state index is 4.89. The minimum atomic E-state index is 0.754. The van der Waals surface area contributed by atoms with Crippen LogP contribution in [0.15, 0.2) is 66.7 Å². The average Bonchev–Trinajstić information content (AvgIpc) is 2.76. The van der Waals surface area contributed by atoms with E-state index in [1.165, 1.54) is 5.56 Å². The van der Waals surface area contributed by atoms with E-state index in [0.717, 1.165) is 55.6 Å². The molecule has 152 valence electrons. The second-order valence-electron chi connectivity index (χ2n) is 7.38. The van der Waals surface area contributed by atoms with Gasteiger partial charge in [0.05, 0.1) is 0 Å². The van der Waals surface area contributed by atoms with Crippen LogP contribution >= 0.6 is 0 Å². The predicted octanol–water partition coefficient (Wildman–Crippen LogP) is 4.53. The van der Waals surface area contributed by atoms with Crippen LogP contribution in [0.2, 0.25) is 0 Å². The lowest BCUT2D eigenvalue weighted by Crippen LogP contribution is -2.24. The number of anilines is 2. The summed E-state index contributed by atoms with van der Waals surface area (Å²) in [5.41, 5.74) is 2.30. The molecule has 5 nitrogen and oxygen atoms in total. The zero-order valence-electron chi connectivity index (χ0n) is 17.7. The zero-order valence-corrected chi connectivity index (χ0v) is 17.7. The maximum Gasteiger partial charge on any atom is 0.163 e. The summed E-state index contributed by atoms with van der Waals surface area (Å²) >= 11 is 0. The standard InChI is InChI=1S/C24H31N5/c1-4-29(19-20-12-7-5-8-13-20)23-18-22(25-16-11-17-28(2)3)26-24(27-23)21-14-9-6-10-15-21/h5-10,12-15,18H,4,11,16-17,19H2,1-3H3,(H,25,26,27). The summed E-state index contributed by atoms with van der Waals surface area (Å²) in [5.74, 6) is 2.57. The van der Waals surface area contributed by atoms with Gasteiger partial charge in [-0.25, -0.2) is 9.97 Å². The molecule has 1 heterocycles. The molecule has 0 unspecified atom stereocenters. The van der Waals surface area contributed by atoms with Gasteiger partial charge in [-0.1, -0.05) is 60.7 Å². The van der Waals surface area contributed by atoms with E-state index in [1.807, 2.05) is 24.3 Å². The third-order valence-corrected chi connectivity index (χ3v) is 4.75. The molecule has 29 heavy (non-hydrogen) atoms. The van der Waals surface area contributed by atoms with Gasteiger partial charge in [0, 0.05) is 31.3 Å². The van der Waals surface area contributed by atoms with Crippen molar-refractivity contribution in [1.29, 1.82) is 0 Å². The molecule has 5 heteroatoms. The lowest BCUT2D eigenvalue weighted by molar-refractivity contribution is 0.405. The highest BCUT2D eigenvalue weighted by atomic mass is 15.2. The van der Waals surface area contributed by atoms with Crippen LogP contribution in [0.3, 0.4) is 0 Å². The summed E-state index contributed by atoms with van der Waals surface area (Å²) in [6.45, 7) is 5.79. The smallest absolute Gasteiger partial charge is 0.163 e. The van der Waals surface area contributed by atoms with Gasteiger partial charge in [-0.2, -0.15) is 0 Å². The summed E-state index contributed by atoms with van der Waals surface area (Å²) in [5, 5.41) is 3.49. The first kappa shape index (κ1) is 20.8. The quantitative estimate of drug-likeness (QED) is 0.516. The fourth-order valence-electron chi connectivity index (χ4n) is 3.17. The van der Waals surface area contributed by atoms with Gasteiger partial charge in [0.15, 0.2) is 5.82 Å². The van der Waals surface area contributed by atoms with E-state index in [1.54, 1.807) is 0 Å². The van der Waals surface area contributed by atoms with Crippen molar-refractivity contribution in [2.24, 2.45) is 0 Å². The Morgan fingerprint density at radius 2 is 1.59 bits per heavy atom. The molecule has 2 aromatic carbocycles. The molecule has 0 aliphatic heterocycles. The van der Waals surface area contributed by atoms with Gasteiger partial charge in [0.1, 0.15) is 11.6 Å². The van der Waals surface area contributed by atoms with Crippen LogP contribution in [0.25, 0.3) is 11.4 Å². The zero-order chi connectivity index (χ0) is 20.5. The molecular weight excluding hydrogens is 358 g/mol. The minimum Gasteiger partial charge on any atom is -0.370 e. The summed E-state index contributed by atoms with van der Waals surface area (Å²) in [6, 6.07) is 22.8. The Morgan fingerprint density at radius 3 is 2.24 bits per heavy atom. The number of rotatable bonds is 10. The van der Waals surface area contributed by atoms with Crippen LogP contribution < -0.4 is 10.2 Å². The number of hydrogen-bond acceptors (Lipinski definition) is 5. The highest BCUT2D eigenvalue weighted by Gasteiger charge is 2.12. The minimum absolute atomic E-state index is 0.754. The van der Waals surface area contributed by atoms with Crippen molar-refractivity contribution in [2.75, 3.05) is 43.9 Å². The van der Waals surface area contributed by atoms with Gasteiger partial charge in [0.25, 0.3) is 0 Å². The first-order chi connectivity index (χ1) is 14.2. The number of benzene rings is 2. The number of hydrogen-bond donors (Lipinski definition) is 1. The van der Waals surface area contributed by atoms with E-state index < -0.39 is 0 Å².